The highest BCUT2D eigenvalue weighted by Crippen LogP contribution is 2.35. The maximum absolute atomic E-state index is 12.0. The third-order valence-corrected chi connectivity index (χ3v) is 4.85. The van der Waals surface area contributed by atoms with Gasteiger partial charge in [-0.1, -0.05) is 19.8 Å². The summed E-state index contributed by atoms with van der Waals surface area (Å²) in [6.45, 7) is 3.01. The predicted molar refractivity (Wildman–Crippen MR) is 78.5 cm³/mol. The zero-order valence-corrected chi connectivity index (χ0v) is 12.8. The van der Waals surface area contributed by atoms with Gasteiger partial charge in [-0.05, 0) is 32.9 Å². The summed E-state index contributed by atoms with van der Waals surface area (Å²) < 4.78 is 0. The summed E-state index contributed by atoms with van der Waals surface area (Å²) in [4.78, 5) is 18.3. The van der Waals surface area contributed by atoms with Gasteiger partial charge in [0, 0.05) is 17.5 Å². The molecule has 1 aliphatic carbocycles. The number of aromatic nitrogens is 1. The van der Waals surface area contributed by atoms with Crippen molar-refractivity contribution in [1.82, 2.24) is 15.2 Å². The molecule has 1 saturated carbocycles. The molecule has 2 unspecified atom stereocenters. The summed E-state index contributed by atoms with van der Waals surface area (Å²) in [6, 6.07) is 0. The molecule has 1 aromatic heterocycles. The summed E-state index contributed by atoms with van der Waals surface area (Å²) in [5.41, 5.74) is 2.32. The van der Waals surface area contributed by atoms with Gasteiger partial charge >= 0.3 is 0 Å². The van der Waals surface area contributed by atoms with E-state index in [1.165, 1.54) is 24.2 Å². The zero-order valence-electron chi connectivity index (χ0n) is 12.0. The average Bonchev–Trinajstić information content (AvgIpc) is 2.89. The van der Waals surface area contributed by atoms with Crippen LogP contribution in [-0.4, -0.2) is 42.0 Å². The van der Waals surface area contributed by atoms with Crippen molar-refractivity contribution in [2.75, 3.05) is 20.6 Å². The van der Waals surface area contributed by atoms with Crippen LogP contribution in [-0.2, 0) is 0 Å². The fourth-order valence-electron chi connectivity index (χ4n) is 3.02. The number of carbonyl (C=O) groups excluding carboxylic acids is 1. The van der Waals surface area contributed by atoms with Crippen LogP contribution in [0.2, 0.25) is 0 Å². The topological polar surface area (TPSA) is 45.2 Å². The van der Waals surface area contributed by atoms with Gasteiger partial charge in [-0.15, -0.1) is 11.3 Å². The van der Waals surface area contributed by atoms with Crippen LogP contribution in [0.15, 0.2) is 10.9 Å². The molecule has 2 rings (SSSR count). The summed E-state index contributed by atoms with van der Waals surface area (Å²) in [5.74, 6) is 0.674. The molecule has 0 bridgehead atoms. The minimum absolute atomic E-state index is 0.0549. The van der Waals surface area contributed by atoms with Crippen LogP contribution in [0, 0.1) is 5.92 Å². The number of thiazole rings is 1. The van der Waals surface area contributed by atoms with Gasteiger partial charge in [-0.2, -0.15) is 0 Å². The highest BCUT2D eigenvalue weighted by atomic mass is 32.1. The first-order valence-corrected chi connectivity index (χ1v) is 7.81. The second-order valence-electron chi connectivity index (χ2n) is 5.88. The Labute approximate surface area is 119 Å². The average molecular weight is 281 g/mol. The lowest BCUT2D eigenvalue weighted by atomic mass is 9.75. The van der Waals surface area contributed by atoms with Gasteiger partial charge < -0.3 is 10.2 Å². The molecule has 0 saturated heterocycles. The molecule has 1 aromatic rings. The van der Waals surface area contributed by atoms with Crippen LogP contribution in [0.1, 0.15) is 43.1 Å². The van der Waals surface area contributed by atoms with E-state index in [2.05, 4.69) is 36.2 Å². The number of carbonyl (C=O) groups is 1. The van der Waals surface area contributed by atoms with Crippen molar-refractivity contribution in [2.45, 2.75) is 38.1 Å². The maximum Gasteiger partial charge on any atom is 0.270 e. The molecule has 1 fully saturated rings. The summed E-state index contributed by atoms with van der Waals surface area (Å²) >= 11 is 1.45. The number of nitrogens with one attached hydrogen (secondary N) is 1. The standard InChI is InChI=1S/C14H23N3OS/c1-11-5-4-6-14(7-11,17(2)3)9-15-13(18)12-8-19-10-16-12/h8,10-11H,4-7,9H2,1-3H3,(H,15,18). The van der Waals surface area contributed by atoms with E-state index in [4.69, 9.17) is 0 Å². The van der Waals surface area contributed by atoms with Crippen molar-refractivity contribution in [3.05, 3.63) is 16.6 Å². The SMILES string of the molecule is CC1CCCC(CNC(=O)c2cscn2)(N(C)C)C1. The van der Waals surface area contributed by atoms with E-state index in [-0.39, 0.29) is 11.4 Å². The lowest BCUT2D eigenvalue weighted by molar-refractivity contribution is 0.0673. The molecule has 1 amide bonds. The molecule has 1 heterocycles. The Kier molecular flexibility index (Phi) is 4.58. The summed E-state index contributed by atoms with van der Waals surface area (Å²) in [7, 11) is 4.24. The van der Waals surface area contributed by atoms with Crippen molar-refractivity contribution in [3.8, 4) is 0 Å². The van der Waals surface area contributed by atoms with Gasteiger partial charge in [0.1, 0.15) is 5.69 Å². The molecular formula is C14H23N3OS. The summed E-state index contributed by atoms with van der Waals surface area (Å²) in [5, 5.41) is 4.85. The molecule has 19 heavy (non-hydrogen) atoms. The Morgan fingerprint density at radius 1 is 1.63 bits per heavy atom. The molecular weight excluding hydrogens is 258 g/mol. The molecule has 1 aliphatic rings. The van der Waals surface area contributed by atoms with Crippen LogP contribution in [0.5, 0.6) is 0 Å². The van der Waals surface area contributed by atoms with Gasteiger partial charge in [-0.25, -0.2) is 4.98 Å². The quantitative estimate of drug-likeness (QED) is 0.921. The number of likely N-dealkylation sites (N-methyl/N-ethyl adjacent to an activating group) is 1. The van der Waals surface area contributed by atoms with Crippen LogP contribution in [0.4, 0.5) is 0 Å². The minimum atomic E-state index is -0.0549. The smallest absolute Gasteiger partial charge is 0.270 e. The largest absolute Gasteiger partial charge is 0.349 e. The first-order chi connectivity index (χ1) is 9.03. The number of hydrogen-bond acceptors (Lipinski definition) is 4. The molecule has 4 nitrogen and oxygen atoms in total. The van der Waals surface area contributed by atoms with Crippen molar-refractivity contribution in [1.29, 1.82) is 0 Å². The fourth-order valence-corrected chi connectivity index (χ4v) is 3.55. The second kappa shape index (κ2) is 6.01. The highest BCUT2D eigenvalue weighted by Gasteiger charge is 2.37. The second-order valence-corrected chi connectivity index (χ2v) is 6.60. The van der Waals surface area contributed by atoms with Crippen molar-refractivity contribution >= 4 is 17.2 Å². The molecule has 0 aromatic carbocycles. The van der Waals surface area contributed by atoms with E-state index in [0.29, 0.717) is 12.2 Å². The lowest BCUT2D eigenvalue weighted by Gasteiger charge is -2.45. The zero-order chi connectivity index (χ0) is 13.9. The van der Waals surface area contributed by atoms with Gasteiger partial charge in [0.05, 0.1) is 5.51 Å². The minimum Gasteiger partial charge on any atom is -0.349 e. The first-order valence-electron chi connectivity index (χ1n) is 6.87. The predicted octanol–water partition coefficient (Wildman–Crippen LogP) is 2.38. The van der Waals surface area contributed by atoms with Gasteiger partial charge in [0.2, 0.25) is 0 Å². The molecule has 0 aliphatic heterocycles. The van der Waals surface area contributed by atoms with Crippen LogP contribution >= 0.6 is 11.3 Å². The highest BCUT2D eigenvalue weighted by molar-refractivity contribution is 7.07. The Morgan fingerprint density at radius 2 is 2.42 bits per heavy atom. The molecule has 106 valence electrons. The fraction of sp³-hybridized carbons (Fsp3) is 0.714. The Bertz CT molecular complexity index is 418. The van der Waals surface area contributed by atoms with Crippen LogP contribution < -0.4 is 5.32 Å². The number of nitrogens with zero attached hydrogens (tertiary/aromatic N) is 2. The molecule has 1 N–H and O–H groups in total. The Morgan fingerprint density at radius 3 is 3.00 bits per heavy atom. The van der Waals surface area contributed by atoms with Crippen molar-refractivity contribution in [3.63, 3.8) is 0 Å². The number of hydrogen-bond donors (Lipinski definition) is 1. The van der Waals surface area contributed by atoms with Crippen LogP contribution in [0.25, 0.3) is 0 Å². The van der Waals surface area contributed by atoms with Gasteiger partial charge in [0.25, 0.3) is 5.91 Å². The third-order valence-electron chi connectivity index (χ3n) is 4.26. The Hall–Kier alpha value is -0.940. The monoisotopic (exact) mass is 281 g/mol. The van der Waals surface area contributed by atoms with E-state index in [1.54, 1.807) is 10.9 Å². The van der Waals surface area contributed by atoms with Gasteiger partial charge in [-0.3, -0.25) is 4.79 Å². The lowest BCUT2D eigenvalue weighted by Crippen LogP contribution is -2.55. The molecule has 2 atom stereocenters. The molecule has 5 heteroatoms. The summed E-state index contributed by atoms with van der Waals surface area (Å²) in [6.07, 6.45) is 4.85. The van der Waals surface area contributed by atoms with Crippen LogP contribution in [0.3, 0.4) is 0 Å². The normalized spacial score (nSPS) is 27.5. The Balaban J connectivity index is 1.99. The van der Waals surface area contributed by atoms with Crippen molar-refractivity contribution in [2.24, 2.45) is 5.92 Å². The number of rotatable bonds is 4. The number of amides is 1. The third kappa shape index (κ3) is 3.34. The van der Waals surface area contributed by atoms with E-state index in [1.807, 2.05) is 0 Å². The van der Waals surface area contributed by atoms with E-state index < -0.39 is 0 Å². The molecule has 0 spiro atoms. The van der Waals surface area contributed by atoms with E-state index in [9.17, 15) is 4.79 Å². The van der Waals surface area contributed by atoms with E-state index >= 15 is 0 Å². The molecule has 0 radical (unpaired) electrons. The van der Waals surface area contributed by atoms with Gasteiger partial charge in [0.15, 0.2) is 0 Å². The first kappa shape index (κ1) is 14.5. The van der Waals surface area contributed by atoms with E-state index in [0.717, 1.165) is 18.8 Å². The maximum atomic E-state index is 12.0. The van der Waals surface area contributed by atoms with Crippen molar-refractivity contribution < 1.29 is 4.79 Å².